The Hall–Kier alpha value is -2.93. The molecule has 0 bridgehead atoms. The fraction of sp³-hybridized carbons (Fsp3) is 0.364. The van der Waals surface area contributed by atoms with E-state index in [2.05, 4.69) is 15.6 Å². The highest BCUT2D eigenvalue weighted by molar-refractivity contribution is 6.34. The van der Waals surface area contributed by atoms with Crippen molar-refractivity contribution in [2.75, 3.05) is 5.32 Å². The number of nitrogens with two attached hydrogens (primary N) is 1. The molecule has 0 unspecified atom stereocenters. The van der Waals surface area contributed by atoms with Gasteiger partial charge in [0.25, 0.3) is 11.8 Å². The van der Waals surface area contributed by atoms with Gasteiger partial charge in [-0.05, 0) is 69.4 Å². The fourth-order valence-corrected chi connectivity index (χ4v) is 4.23. The number of nitrogens with one attached hydrogen (secondary N) is 3. The first-order chi connectivity index (χ1) is 13.8. The quantitative estimate of drug-likeness (QED) is 0.599. The van der Waals surface area contributed by atoms with Crippen LogP contribution < -0.4 is 16.4 Å². The number of hydrogen-bond donors (Lipinski definition) is 4. The lowest BCUT2D eigenvalue weighted by Gasteiger charge is -2.26. The molecule has 1 saturated carbocycles. The van der Waals surface area contributed by atoms with Crippen LogP contribution in [-0.2, 0) is 4.79 Å². The molecule has 0 spiro atoms. The number of anilines is 1. The van der Waals surface area contributed by atoms with Crippen molar-refractivity contribution >= 4 is 29.2 Å². The number of carbonyl (C=O) groups is 2. The fourth-order valence-electron chi connectivity index (χ4n) is 4.23. The van der Waals surface area contributed by atoms with Crippen LogP contribution >= 0.6 is 0 Å². The normalized spacial score (nSPS) is 22.5. The van der Waals surface area contributed by atoms with Crippen molar-refractivity contribution in [1.29, 1.82) is 0 Å². The molecule has 6 nitrogen and oxygen atoms in total. The third-order valence-corrected chi connectivity index (χ3v) is 5.86. The molecule has 1 aliphatic carbocycles. The number of hydrogen-bond acceptors (Lipinski definition) is 3. The zero-order chi connectivity index (χ0) is 20.7. The van der Waals surface area contributed by atoms with Crippen LogP contribution in [0.2, 0.25) is 0 Å². The SMILES string of the molecule is Cc1[nH]c(/C=C2\C(=O)Nc3ccc(F)cc32)c(C)c1C(=O)N[C@H]1CC[C@H](N)CC1. The van der Waals surface area contributed by atoms with E-state index < -0.39 is 5.82 Å². The molecule has 2 aliphatic rings. The van der Waals surface area contributed by atoms with Crippen molar-refractivity contribution < 1.29 is 14.0 Å². The Morgan fingerprint density at radius 2 is 1.97 bits per heavy atom. The van der Waals surface area contributed by atoms with Gasteiger partial charge in [0.2, 0.25) is 0 Å². The van der Waals surface area contributed by atoms with Crippen molar-refractivity contribution in [2.45, 2.75) is 51.6 Å². The molecular weight excluding hydrogens is 371 g/mol. The Balaban J connectivity index is 1.61. The van der Waals surface area contributed by atoms with Crippen LogP contribution in [0.5, 0.6) is 0 Å². The van der Waals surface area contributed by atoms with Crippen molar-refractivity contribution in [2.24, 2.45) is 5.73 Å². The van der Waals surface area contributed by atoms with Crippen LogP contribution in [0, 0.1) is 19.7 Å². The highest BCUT2D eigenvalue weighted by Crippen LogP contribution is 2.34. The van der Waals surface area contributed by atoms with Crippen LogP contribution in [-0.4, -0.2) is 28.9 Å². The number of carbonyl (C=O) groups excluding carboxylic acids is 2. The molecule has 0 saturated heterocycles. The van der Waals surface area contributed by atoms with E-state index in [9.17, 15) is 14.0 Å². The molecule has 2 amide bonds. The predicted octanol–water partition coefficient (Wildman–Crippen LogP) is 3.26. The summed E-state index contributed by atoms with van der Waals surface area (Å²) < 4.78 is 13.7. The maximum atomic E-state index is 13.7. The number of rotatable bonds is 3. The molecule has 1 fully saturated rings. The largest absolute Gasteiger partial charge is 0.358 e. The number of aromatic amines is 1. The van der Waals surface area contributed by atoms with E-state index in [-0.39, 0.29) is 23.9 Å². The maximum absolute atomic E-state index is 13.7. The molecule has 0 radical (unpaired) electrons. The summed E-state index contributed by atoms with van der Waals surface area (Å²) >= 11 is 0. The van der Waals surface area contributed by atoms with Crippen LogP contribution in [0.3, 0.4) is 0 Å². The smallest absolute Gasteiger partial charge is 0.256 e. The Kier molecular flexibility index (Phi) is 5.00. The van der Waals surface area contributed by atoms with E-state index in [0.29, 0.717) is 28.1 Å². The predicted molar refractivity (Wildman–Crippen MR) is 111 cm³/mol. The highest BCUT2D eigenvalue weighted by atomic mass is 19.1. The van der Waals surface area contributed by atoms with E-state index >= 15 is 0 Å². The van der Waals surface area contributed by atoms with E-state index in [1.807, 2.05) is 13.8 Å². The molecule has 5 N–H and O–H groups in total. The molecule has 7 heteroatoms. The van der Waals surface area contributed by atoms with Gasteiger partial charge in [-0.25, -0.2) is 4.39 Å². The molecule has 29 heavy (non-hydrogen) atoms. The van der Waals surface area contributed by atoms with Crippen molar-refractivity contribution in [1.82, 2.24) is 10.3 Å². The molecule has 2 heterocycles. The molecular formula is C22H25FN4O2. The second-order valence-electron chi connectivity index (χ2n) is 7.95. The Morgan fingerprint density at radius 1 is 1.24 bits per heavy atom. The van der Waals surface area contributed by atoms with E-state index in [1.165, 1.54) is 12.1 Å². The molecule has 1 aromatic carbocycles. The Labute approximate surface area is 168 Å². The Morgan fingerprint density at radius 3 is 2.69 bits per heavy atom. The number of halogens is 1. The first-order valence-electron chi connectivity index (χ1n) is 9.92. The van der Waals surface area contributed by atoms with Crippen molar-refractivity contribution in [3.05, 3.63) is 52.1 Å². The van der Waals surface area contributed by atoms with E-state index in [4.69, 9.17) is 5.73 Å². The number of amides is 2. The van der Waals surface area contributed by atoms with Gasteiger partial charge in [0.1, 0.15) is 5.82 Å². The first-order valence-corrected chi connectivity index (χ1v) is 9.92. The van der Waals surface area contributed by atoms with Gasteiger partial charge < -0.3 is 21.4 Å². The summed E-state index contributed by atoms with van der Waals surface area (Å²) in [6.45, 7) is 3.68. The lowest BCUT2D eigenvalue weighted by atomic mass is 9.91. The van der Waals surface area contributed by atoms with Crippen LogP contribution in [0.25, 0.3) is 11.6 Å². The summed E-state index contributed by atoms with van der Waals surface area (Å²) in [4.78, 5) is 28.4. The average molecular weight is 396 g/mol. The van der Waals surface area contributed by atoms with E-state index in [0.717, 1.165) is 36.9 Å². The lowest BCUT2D eigenvalue weighted by Crippen LogP contribution is -2.40. The zero-order valence-electron chi connectivity index (χ0n) is 16.6. The third kappa shape index (κ3) is 3.70. The van der Waals surface area contributed by atoms with Gasteiger partial charge in [-0.1, -0.05) is 0 Å². The molecule has 152 valence electrons. The molecule has 1 aliphatic heterocycles. The Bertz CT molecular complexity index is 1020. The monoisotopic (exact) mass is 396 g/mol. The highest BCUT2D eigenvalue weighted by Gasteiger charge is 2.27. The summed E-state index contributed by atoms with van der Waals surface area (Å²) in [6.07, 6.45) is 5.28. The topological polar surface area (TPSA) is 100 Å². The summed E-state index contributed by atoms with van der Waals surface area (Å²) in [5.74, 6) is -0.816. The van der Waals surface area contributed by atoms with Crippen LogP contribution in [0.15, 0.2) is 18.2 Å². The summed E-state index contributed by atoms with van der Waals surface area (Å²) in [6, 6.07) is 4.55. The minimum atomic E-state index is -0.405. The maximum Gasteiger partial charge on any atom is 0.256 e. The number of benzene rings is 1. The molecule has 4 rings (SSSR count). The van der Waals surface area contributed by atoms with Crippen LogP contribution in [0.1, 0.15) is 58.6 Å². The number of aromatic nitrogens is 1. The molecule has 0 atom stereocenters. The first kappa shape index (κ1) is 19.4. The summed E-state index contributed by atoms with van der Waals surface area (Å²) in [5.41, 5.74) is 10.2. The zero-order valence-corrected chi connectivity index (χ0v) is 16.6. The summed E-state index contributed by atoms with van der Waals surface area (Å²) in [5, 5.41) is 5.85. The third-order valence-electron chi connectivity index (χ3n) is 5.86. The second-order valence-corrected chi connectivity index (χ2v) is 7.95. The average Bonchev–Trinajstić information content (AvgIpc) is 3.13. The molecule has 1 aromatic heterocycles. The minimum Gasteiger partial charge on any atom is -0.358 e. The van der Waals surface area contributed by atoms with Gasteiger partial charge in [0.15, 0.2) is 0 Å². The van der Waals surface area contributed by atoms with Crippen molar-refractivity contribution in [3.63, 3.8) is 0 Å². The van der Waals surface area contributed by atoms with Gasteiger partial charge in [-0.2, -0.15) is 0 Å². The van der Waals surface area contributed by atoms with Crippen LogP contribution in [0.4, 0.5) is 10.1 Å². The number of aryl methyl sites for hydroxylation is 1. The minimum absolute atomic E-state index is 0.122. The van der Waals surface area contributed by atoms with Gasteiger partial charge in [0.05, 0.1) is 11.1 Å². The summed E-state index contributed by atoms with van der Waals surface area (Å²) in [7, 11) is 0. The van der Waals surface area contributed by atoms with Gasteiger partial charge in [0, 0.05) is 34.7 Å². The number of fused-ring (bicyclic) bond motifs is 1. The van der Waals surface area contributed by atoms with Gasteiger partial charge in [-0.3, -0.25) is 9.59 Å². The van der Waals surface area contributed by atoms with E-state index in [1.54, 1.807) is 12.1 Å². The van der Waals surface area contributed by atoms with Gasteiger partial charge >= 0.3 is 0 Å². The lowest BCUT2D eigenvalue weighted by molar-refractivity contribution is -0.110. The standard InChI is InChI=1S/C22H25FN4O2/c1-11-19(10-17-16-9-13(23)3-8-18(16)27-21(17)28)25-12(2)20(11)22(29)26-15-6-4-14(24)5-7-15/h3,8-10,14-15,25H,4-7,24H2,1-2H3,(H,26,29)(H,27,28)/b17-10-/t14-,15-. The van der Waals surface area contributed by atoms with Crippen molar-refractivity contribution in [3.8, 4) is 0 Å². The molecule has 2 aromatic rings. The second kappa shape index (κ2) is 7.48. The number of H-pyrrole nitrogens is 1. The van der Waals surface area contributed by atoms with Gasteiger partial charge in [-0.15, -0.1) is 0 Å².